The minimum Gasteiger partial charge on any atom is -0.0948 e. The summed E-state index contributed by atoms with van der Waals surface area (Å²) < 4.78 is 0. The van der Waals surface area contributed by atoms with Crippen molar-refractivity contribution in [2.24, 2.45) is 0 Å². The molecule has 0 saturated carbocycles. The van der Waals surface area contributed by atoms with E-state index in [-0.39, 0.29) is 7.93 Å². The van der Waals surface area contributed by atoms with Crippen molar-refractivity contribution in [1.82, 2.24) is 0 Å². The van der Waals surface area contributed by atoms with Gasteiger partial charge in [0, 0.05) is 7.93 Å². The van der Waals surface area contributed by atoms with Crippen molar-refractivity contribution >= 4 is 72.1 Å². The average Bonchev–Trinajstić information content (AvgIpc) is 3.14. The van der Waals surface area contributed by atoms with Gasteiger partial charge in [-0.2, -0.15) is 0 Å². The Morgan fingerprint density at radius 2 is 0.674 bits per heavy atom. The third-order valence-electron chi connectivity index (χ3n) is 8.07. The molecule has 0 amide bonds. The Kier molecular flexibility index (Phi) is 9.82. The summed E-state index contributed by atoms with van der Waals surface area (Å²) in [5, 5.41) is 9.19. The Morgan fingerprint density at radius 1 is 0.326 bits per heavy atom. The first-order valence-corrected chi connectivity index (χ1v) is 20.0. The van der Waals surface area contributed by atoms with Gasteiger partial charge in [-0.15, -0.1) is 0 Å². The van der Waals surface area contributed by atoms with Gasteiger partial charge in [-0.3, -0.25) is 0 Å². The summed E-state index contributed by atoms with van der Waals surface area (Å²) in [4.78, 5) is 0. The van der Waals surface area contributed by atoms with Crippen LogP contribution in [0.5, 0.6) is 0 Å². The lowest BCUT2D eigenvalue weighted by Gasteiger charge is -2.26. The lowest BCUT2D eigenvalue weighted by molar-refractivity contribution is 1.64. The van der Waals surface area contributed by atoms with Crippen LogP contribution >= 0.6 is 35.0 Å². The lowest BCUT2D eigenvalue weighted by Crippen LogP contribution is -2.24. The van der Waals surface area contributed by atoms with Gasteiger partial charge in [-0.05, 0) is 75.2 Å². The van der Waals surface area contributed by atoms with Gasteiger partial charge in [0.05, 0.1) is 0 Å². The molecule has 0 nitrogen and oxygen atoms in total. The van der Waals surface area contributed by atoms with Crippen LogP contribution in [0.2, 0.25) is 0 Å². The van der Waals surface area contributed by atoms with Crippen molar-refractivity contribution in [2.75, 3.05) is 0 Å². The van der Waals surface area contributed by atoms with Crippen molar-refractivity contribution in [1.29, 1.82) is 0 Å². The van der Waals surface area contributed by atoms with Crippen molar-refractivity contribution in [2.45, 2.75) is 0 Å². The molecule has 0 saturated heterocycles. The molecule has 1 atom stereocenters. The molecule has 222 valence electrons. The summed E-state index contributed by atoms with van der Waals surface area (Å²) in [6, 6.07) is 68.5. The third-order valence-corrected chi connectivity index (χ3v) is 14.3. The molecule has 1 unspecified atom stereocenters. The highest BCUT2D eigenvalue weighted by atomic mass is 35.7. The molecule has 0 radical (unpaired) electrons. The predicted molar refractivity (Wildman–Crippen MR) is 209 cm³/mol. The van der Waals surface area contributed by atoms with Crippen LogP contribution < -0.4 is 37.1 Å². The SMILES string of the molecule is ClPc1cccc(-c2ccccc2P(c2ccccc2)c2ccccc2)c1-c1ccccc1P(c1ccccc1)c1ccccc1. The monoisotopic (exact) mass is 664 g/mol. The molecule has 7 rings (SSSR count). The highest BCUT2D eigenvalue weighted by molar-refractivity contribution is 7.80. The molecule has 0 spiro atoms. The van der Waals surface area contributed by atoms with E-state index in [2.05, 4.69) is 188 Å². The minimum atomic E-state index is -0.817. The van der Waals surface area contributed by atoms with E-state index in [0.717, 1.165) is 0 Å². The van der Waals surface area contributed by atoms with E-state index in [9.17, 15) is 0 Å². The second-order valence-electron chi connectivity index (χ2n) is 10.9. The maximum atomic E-state index is 6.84. The van der Waals surface area contributed by atoms with Gasteiger partial charge in [0.25, 0.3) is 0 Å². The predicted octanol–water partition coefficient (Wildman–Crippen LogP) is 8.99. The van der Waals surface area contributed by atoms with Gasteiger partial charge in [0.15, 0.2) is 0 Å². The zero-order valence-corrected chi connectivity index (χ0v) is 28.7. The molecule has 4 heteroatoms. The first kappa shape index (κ1) is 30.8. The van der Waals surface area contributed by atoms with Gasteiger partial charge in [-0.25, -0.2) is 0 Å². The molecule has 46 heavy (non-hydrogen) atoms. The van der Waals surface area contributed by atoms with Crippen molar-refractivity contribution in [3.05, 3.63) is 188 Å². The number of hydrogen-bond acceptors (Lipinski definition) is 0. The fraction of sp³-hybridized carbons (Fsp3) is 0. The van der Waals surface area contributed by atoms with Gasteiger partial charge >= 0.3 is 0 Å². The number of hydrogen-bond donors (Lipinski definition) is 0. The highest BCUT2D eigenvalue weighted by Crippen LogP contribution is 2.43. The van der Waals surface area contributed by atoms with Crippen LogP contribution in [0.1, 0.15) is 0 Å². The van der Waals surface area contributed by atoms with Crippen molar-refractivity contribution in [3.8, 4) is 22.3 Å². The molecule has 0 aliphatic heterocycles. The summed E-state index contributed by atoms with van der Waals surface area (Å²) in [6.45, 7) is 0. The quantitative estimate of drug-likeness (QED) is 0.135. The van der Waals surface area contributed by atoms with Crippen molar-refractivity contribution < 1.29 is 0 Å². The molecule has 7 aromatic rings. The molecule has 0 aliphatic rings. The van der Waals surface area contributed by atoms with Gasteiger partial charge < -0.3 is 0 Å². The molecule has 0 heterocycles. The second kappa shape index (κ2) is 14.7. The van der Waals surface area contributed by atoms with Crippen LogP contribution in [0.25, 0.3) is 22.3 Å². The van der Waals surface area contributed by atoms with Crippen LogP contribution in [0.4, 0.5) is 0 Å². The maximum Gasteiger partial charge on any atom is 0.00725 e. The number of halogens is 1. The van der Waals surface area contributed by atoms with Gasteiger partial charge in [0.1, 0.15) is 0 Å². The standard InChI is InChI=1S/C42H32ClP3/c43-44-39-29-17-28-37(36-26-13-15-30-40(36)45(32-18-5-1-6-19-32)33-20-7-2-8-21-33)42(39)38-27-14-16-31-41(38)46(34-22-9-3-10-23-34)35-24-11-4-12-25-35/h1-31,44H. The summed E-state index contributed by atoms with van der Waals surface area (Å²) in [5.41, 5.74) is 4.96. The normalized spacial score (nSPS) is 11.5. The zero-order chi connectivity index (χ0) is 31.1. The Morgan fingerprint density at radius 3 is 1.11 bits per heavy atom. The Bertz CT molecular complexity index is 1950. The molecule has 0 aromatic heterocycles. The molecule has 7 aromatic carbocycles. The Balaban J connectivity index is 1.48. The fourth-order valence-corrected chi connectivity index (χ4v) is 12.0. The molecule has 0 fully saturated rings. The number of rotatable bonds is 9. The summed E-state index contributed by atoms with van der Waals surface area (Å²) in [7, 11) is -1.48. The first-order valence-electron chi connectivity index (χ1n) is 15.3. The minimum absolute atomic E-state index is 0.140. The maximum absolute atomic E-state index is 6.84. The van der Waals surface area contributed by atoms with E-state index in [4.69, 9.17) is 11.2 Å². The van der Waals surface area contributed by atoms with Gasteiger partial charge in [0.2, 0.25) is 0 Å². The Labute approximate surface area is 281 Å². The fourth-order valence-electron chi connectivity index (χ4n) is 6.08. The largest absolute Gasteiger partial charge is 0.0948 e. The molecular formula is C42H32ClP3. The van der Waals surface area contributed by atoms with E-state index in [0.29, 0.717) is 0 Å². The average molecular weight is 665 g/mol. The summed E-state index contributed by atoms with van der Waals surface area (Å²) in [6.07, 6.45) is 0. The molecule has 0 N–H and O–H groups in total. The van der Waals surface area contributed by atoms with Crippen LogP contribution in [-0.2, 0) is 0 Å². The third kappa shape index (κ3) is 6.38. The van der Waals surface area contributed by atoms with E-state index in [1.807, 2.05) is 0 Å². The first-order chi connectivity index (χ1) is 22.8. The van der Waals surface area contributed by atoms with E-state index >= 15 is 0 Å². The highest BCUT2D eigenvalue weighted by Gasteiger charge is 2.25. The van der Waals surface area contributed by atoms with E-state index in [1.54, 1.807) is 0 Å². The van der Waals surface area contributed by atoms with Crippen LogP contribution in [-0.4, -0.2) is 0 Å². The zero-order valence-electron chi connectivity index (χ0n) is 25.2. The summed E-state index contributed by atoms with van der Waals surface area (Å²) in [5.74, 6) is 0. The topological polar surface area (TPSA) is 0 Å². The van der Waals surface area contributed by atoms with Gasteiger partial charge in [-0.1, -0.05) is 199 Å². The Hall–Kier alpha value is -3.88. The molecule has 0 aliphatic carbocycles. The van der Waals surface area contributed by atoms with Crippen LogP contribution in [0, 0.1) is 0 Å². The van der Waals surface area contributed by atoms with E-state index in [1.165, 1.54) is 59.4 Å². The van der Waals surface area contributed by atoms with E-state index < -0.39 is 15.8 Å². The second-order valence-corrected chi connectivity index (χ2v) is 16.5. The molecular weight excluding hydrogens is 633 g/mol. The van der Waals surface area contributed by atoms with Crippen molar-refractivity contribution in [3.63, 3.8) is 0 Å². The van der Waals surface area contributed by atoms with Crippen LogP contribution in [0.3, 0.4) is 0 Å². The summed E-state index contributed by atoms with van der Waals surface area (Å²) >= 11 is 6.84. The number of benzene rings is 7. The smallest absolute Gasteiger partial charge is 0.00725 e. The lowest BCUT2D eigenvalue weighted by atomic mass is 9.94. The molecule has 0 bridgehead atoms. The van der Waals surface area contributed by atoms with Crippen LogP contribution in [0.15, 0.2) is 188 Å².